The molecule has 25 heavy (non-hydrogen) atoms. The van der Waals surface area contributed by atoms with Crippen LogP contribution >= 0.6 is 0 Å². The van der Waals surface area contributed by atoms with Crippen molar-refractivity contribution in [2.24, 2.45) is 7.05 Å². The van der Waals surface area contributed by atoms with Gasteiger partial charge < -0.3 is 15.1 Å². The number of halogens is 3. The molecule has 2 aromatic heterocycles. The first-order valence-corrected chi connectivity index (χ1v) is 6.67. The Bertz CT molecular complexity index is 989. The van der Waals surface area contributed by atoms with Crippen LogP contribution in [0.5, 0.6) is 0 Å². The van der Waals surface area contributed by atoms with Gasteiger partial charge in [0.1, 0.15) is 11.4 Å². The number of furan rings is 1. The zero-order valence-corrected chi connectivity index (χ0v) is 12.4. The molecule has 0 fully saturated rings. The van der Waals surface area contributed by atoms with Gasteiger partial charge in [-0.25, -0.2) is 4.79 Å². The van der Waals surface area contributed by atoms with Crippen LogP contribution < -0.4 is 21.9 Å². The summed E-state index contributed by atoms with van der Waals surface area (Å²) in [6.07, 6.45) is -4.33. The molecule has 1 aliphatic rings. The van der Waals surface area contributed by atoms with E-state index in [0.29, 0.717) is 4.57 Å². The molecule has 12 heteroatoms. The lowest BCUT2D eigenvalue weighted by atomic mass is 9.92. The molecule has 0 aromatic carbocycles. The highest BCUT2D eigenvalue weighted by atomic mass is 19.4. The van der Waals surface area contributed by atoms with E-state index in [1.165, 1.54) is 11.4 Å². The molecule has 0 aliphatic carbocycles. The second-order valence-corrected chi connectivity index (χ2v) is 5.18. The SMILES string of the molecule is Cn1c2c(c(=O)[nH]c1=O)[C@@](NC(=O)c1ccco1)(C(F)(F)F)C(=O)N2. The second-order valence-electron chi connectivity index (χ2n) is 5.18. The van der Waals surface area contributed by atoms with E-state index < -0.39 is 51.9 Å². The highest BCUT2D eigenvalue weighted by Gasteiger charge is 2.68. The van der Waals surface area contributed by atoms with E-state index in [9.17, 15) is 32.3 Å². The number of aromatic nitrogens is 2. The van der Waals surface area contributed by atoms with Crippen molar-refractivity contribution in [2.75, 3.05) is 5.32 Å². The van der Waals surface area contributed by atoms with Gasteiger partial charge in [-0.1, -0.05) is 0 Å². The molecule has 132 valence electrons. The number of nitrogens with one attached hydrogen (secondary N) is 3. The van der Waals surface area contributed by atoms with Gasteiger partial charge in [0.2, 0.25) is 0 Å². The van der Waals surface area contributed by atoms with Gasteiger partial charge in [0.15, 0.2) is 5.76 Å². The standard InChI is InChI=1S/C13H9F3N4O5/c1-20-7-6(9(22)18-11(20)24)12(10(23)17-7,13(14,15)16)19-8(21)5-3-2-4-25-5/h2-4H,1H3,(H,17,23)(H,19,21)(H,18,22,24)/t12-/m0/s1. The number of carbonyl (C=O) groups excluding carboxylic acids is 2. The Balaban J connectivity index is 2.28. The van der Waals surface area contributed by atoms with Gasteiger partial charge in [0.05, 0.1) is 6.26 Å². The Hall–Kier alpha value is -3.31. The van der Waals surface area contributed by atoms with Gasteiger partial charge in [0.25, 0.3) is 22.9 Å². The zero-order chi connectivity index (χ0) is 18.6. The number of nitrogens with zero attached hydrogens (tertiary/aromatic N) is 1. The fraction of sp³-hybridized carbons (Fsp3) is 0.231. The topological polar surface area (TPSA) is 126 Å². The molecule has 9 nitrogen and oxygen atoms in total. The van der Waals surface area contributed by atoms with Crippen LogP contribution in [0.25, 0.3) is 0 Å². The number of hydrogen-bond donors (Lipinski definition) is 3. The van der Waals surface area contributed by atoms with Crippen LogP contribution in [0, 0.1) is 0 Å². The second kappa shape index (κ2) is 5.09. The minimum Gasteiger partial charge on any atom is -0.459 e. The number of aromatic amines is 1. The molecule has 1 aliphatic heterocycles. The minimum atomic E-state index is -5.38. The third-order valence-corrected chi connectivity index (χ3v) is 3.74. The van der Waals surface area contributed by atoms with Crippen molar-refractivity contribution in [3.8, 4) is 0 Å². The highest BCUT2D eigenvalue weighted by Crippen LogP contribution is 2.44. The number of anilines is 1. The summed E-state index contributed by atoms with van der Waals surface area (Å²) in [5.74, 6) is -4.23. The average Bonchev–Trinajstić information content (AvgIpc) is 3.12. The van der Waals surface area contributed by atoms with Crippen LogP contribution in [0.4, 0.5) is 19.0 Å². The third kappa shape index (κ3) is 2.17. The van der Waals surface area contributed by atoms with Crippen LogP contribution in [0.1, 0.15) is 16.1 Å². The molecule has 1 atom stereocenters. The van der Waals surface area contributed by atoms with Gasteiger partial charge in [-0.2, -0.15) is 13.2 Å². The van der Waals surface area contributed by atoms with Crippen LogP contribution in [-0.4, -0.2) is 27.5 Å². The van der Waals surface area contributed by atoms with Crippen LogP contribution in [-0.2, 0) is 17.4 Å². The Morgan fingerprint density at radius 1 is 1.32 bits per heavy atom. The summed E-state index contributed by atoms with van der Waals surface area (Å²) in [6.45, 7) is 0. The Morgan fingerprint density at radius 3 is 2.56 bits per heavy atom. The number of hydrogen-bond acceptors (Lipinski definition) is 5. The maximum absolute atomic E-state index is 13.8. The number of amides is 2. The maximum Gasteiger partial charge on any atom is 0.425 e. The molecule has 0 spiro atoms. The fourth-order valence-electron chi connectivity index (χ4n) is 2.53. The van der Waals surface area contributed by atoms with Crippen molar-refractivity contribution in [3.05, 3.63) is 50.6 Å². The van der Waals surface area contributed by atoms with Gasteiger partial charge in [0, 0.05) is 7.05 Å². The number of H-pyrrole nitrogens is 1. The maximum atomic E-state index is 13.8. The van der Waals surface area contributed by atoms with Crippen molar-refractivity contribution in [3.63, 3.8) is 0 Å². The lowest BCUT2D eigenvalue weighted by Crippen LogP contribution is -2.62. The smallest absolute Gasteiger partial charge is 0.425 e. The monoisotopic (exact) mass is 358 g/mol. The van der Waals surface area contributed by atoms with Crippen LogP contribution in [0.3, 0.4) is 0 Å². The van der Waals surface area contributed by atoms with Crippen molar-refractivity contribution >= 4 is 17.6 Å². The molecule has 0 unspecified atom stereocenters. The predicted molar refractivity (Wildman–Crippen MR) is 74.8 cm³/mol. The number of rotatable bonds is 2. The molecule has 0 bridgehead atoms. The molecule has 2 aromatic rings. The molecule has 0 saturated heterocycles. The number of alkyl halides is 3. The summed E-state index contributed by atoms with van der Waals surface area (Å²) >= 11 is 0. The van der Waals surface area contributed by atoms with Crippen molar-refractivity contribution < 1.29 is 27.2 Å². The van der Waals surface area contributed by atoms with E-state index >= 15 is 0 Å². The minimum absolute atomic E-state index is 0.494. The van der Waals surface area contributed by atoms with E-state index in [-0.39, 0.29) is 0 Å². The Morgan fingerprint density at radius 2 is 2.00 bits per heavy atom. The largest absolute Gasteiger partial charge is 0.459 e. The molecule has 3 rings (SSSR count). The third-order valence-electron chi connectivity index (χ3n) is 3.74. The molecule has 3 heterocycles. The van der Waals surface area contributed by atoms with E-state index in [1.807, 2.05) is 5.32 Å². The lowest BCUT2D eigenvalue weighted by Gasteiger charge is -2.29. The van der Waals surface area contributed by atoms with Gasteiger partial charge in [-0.15, -0.1) is 0 Å². The summed E-state index contributed by atoms with van der Waals surface area (Å²) < 4.78 is 46.8. The number of carbonyl (C=O) groups is 2. The normalized spacial score (nSPS) is 19.4. The highest BCUT2D eigenvalue weighted by molar-refractivity contribution is 6.08. The molecule has 3 N–H and O–H groups in total. The van der Waals surface area contributed by atoms with Gasteiger partial charge >= 0.3 is 11.9 Å². The van der Waals surface area contributed by atoms with E-state index in [1.54, 1.807) is 4.98 Å². The summed E-state index contributed by atoms with van der Waals surface area (Å²) in [5, 5.41) is 3.36. The first kappa shape index (κ1) is 16.5. The number of fused-ring (bicyclic) bond motifs is 1. The van der Waals surface area contributed by atoms with E-state index in [4.69, 9.17) is 4.42 Å². The molecular formula is C13H9F3N4O5. The van der Waals surface area contributed by atoms with Crippen LogP contribution in [0.15, 0.2) is 32.4 Å². The lowest BCUT2D eigenvalue weighted by molar-refractivity contribution is -0.196. The first-order chi connectivity index (χ1) is 11.6. The first-order valence-electron chi connectivity index (χ1n) is 6.67. The summed E-state index contributed by atoms with van der Waals surface area (Å²) in [5.41, 5.74) is -7.29. The fourth-order valence-corrected chi connectivity index (χ4v) is 2.53. The molecule has 0 radical (unpaired) electrons. The van der Waals surface area contributed by atoms with E-state index in [0.717, 1.165) is 19.4 Å². The predicted octanol–water partition coefficient (Wildman–Crippen LogP) is -0.194. The summed E-state index contributed by atoms with van der Waals surface area (Å²) in [7, 11) is 1.05. The average molecular weight is 358 g/mol. The van der Waals surface area contributed by atoms with Crippen molar-refractivity contribution in [1.82, 2.24) is 14.9 Å². The summed E-state index contributed by atoms with van der Waals surface area (Å²) in [6, 6.07) is 2.34. The summed E-state index contributed by atoms with van der Waals surface area (Å²) in [4.78, 5) is 49.5. The van der Waals surface area contributed by atoms with Gasteiger partial charge in [-0.05, 0) is 12.1 Å². The quantitative estimate of drug-likeness (QED) is 0.686. The van der Waals surface area contributed by atoms with Crippen LogP contribution in [0.2, 0.25) is 0 Å². The zero-order valence-electron chi connectivity index (χ0n) is 12.4. The van der Waals surface area contributed by atoms with E-state index in [2.05, 4.69) is 0 Å². The van der Waals surface area contributed by atoms with Gasteiger partial charge in [-0.3, -0.25) is 23.9 Å². The molecule has 2 amide bonds. The van der Waals surface area contributed by atoms with Crippen molar-refractivity contribution in [2.45, 2.75) is 11.7 Å². The molecular weight excluding hydrogens is 349 g/mol. The van der Waals surface area contributed by atoms with Crippen molar-refractivity contribution in [1.29, 1.82) is 0 Å². The Labute approximate surface area is 135 Å². The molecule has 0 saturated carbocycles. The Kier molecular flexibility index (Phi) is 3.37.